The molecule has 0 aromatic carbocycles. The van der Waals surface area contributed by atoms with Crippen LogP contribution >= 0.6 is 0 Å². The number of hydrogen-bond acceptors (Lipinski definition) is 6. The first-order chi connectivity index (χ1) is 9.48. The van der Waals surface area contributed by atoms with E-state index < -0.39 is 23.1 Å². The van der Waals surface area contributed by atoms with Crippen LogP contribution in [0.15, 0.2) is 24.3 Å². The zero-order valence-corrected chi connectivity index (χ0v) is 11.4. The van der Waals surface area contributed by atoms with Gasteiger partial charge in [0, 0.05) is 13.0 Å². The molecule has 0 bridgehead atoms. The maximum Gasteiger partial charge on any atom is 0.379 e. The minimum absolute atomic E-state index is 0.0359. The Labute approximate surface area is 116 Å². The van der Waals surface area contributed by atoms with Crippen molar-refractivity contribution < 1.29 is 28.6 Å². The standard InChI is InChI=1S/C14H16O6/c1-3-18-12(17)14(19-4-2)9-13(11(16)20-14)7-5-10(15)6-8-13/h5-8H,3-4,9H2,1-2H3. The van der Waals surface area contributed by atoms with Crippen LogP contribution in [-0.2, 0) is 28.6 Å². The first kappa shape index (κ1) is 14.5. The maximum absolute atomic E-state index is 12.1. The second-order valence-electron chi connectivity index (χ2n) is 4.58. The number of allylic oxidation sites excluding steroid dienone is 2. The van der Waals surface area contributed by atoms with E-state index >= 15 is 0 Å². The van der Waals surface area contributed by atoms with Crippen LogP contribution in [0.3, 0.4) is 0 Å². The molecule has 20 heavy (non-hydrogen) atoms. The summed E-state index contributed by atoms with van der Waals surface area (Å²) in [6.45, 7) is 3.69. The van der Waals surface area contributed by atoms with E-state index in [0.717, 1.165) is 0 Å². The van der Waals surface area contributed by atoms with Gasteiger partial charge in [0.15, 0.2) is 5.78 Å². The molecule has 0 radical (unpaired) electrons. The van der Waals surface area contributed by atoms with Crippen molar-refractivity contribution >= 4 is 17.7 Å². The summed E-state index contributed by atoms with van der Waals surface area (Å²) in [6, 6.07) is 0. The van der Waals surface area contributed by atoms with E-state index in [-0.39, 0.29) is 25.4 Å². The van der Waals surface area contributed by atoms with Crippen molar-refractivity contribution in [1.82, 2.24) is 0 Å². The SMILES string of the molecule is CCOC(=O)C1(OCC)CC2(C=CC(=O)C=C2)C(=O)O1. The van der Waals surface area contributed by atoms with Crippen LogP contribution in [0.4, 0.5) is 0 Å². The Balaban J connectivity index is 2.32. The summed E-state index contributed by atoms with van der Waals surface area (Å²) in [4.78, 5) is 35.4. The highest BCUT2D eigenvalue weighted by molar-refractivity contribution is 6.03. The average Bonchev–Trinajstić information content (AvgIpc) is 2.68. The topological polar surface area (TPSA) is 78.9 Å². The van der Waals surface area contributed by atoms with Gasteiger partial charge in [0.25, 0.3) is 0 Å². The first-order valence-corrected chi connectivity index (χ1v) is 6.45. The second kappa shape index (κ2) is 5.20. The molecule has 108 valence electrons. The highest BCUT2D eigenvalue weighted by Crippen LogP contribution is 2.45. The molecule has 0 amide bonds. The number of rotatable bonds is 4. The van der Waals surface area contributed by atoms with Gasteiger partial charge in [-0.15, -0.1) is 0 Å². The zero-order valence-electron chi connectivity index (χ0n) is 11.4. The predicted molar refractivity (Wildman–Crippen MR) is 67.4 cm³/mol. The highest BCUT2D eigenvalue weighted by Gasteiger charge is 2.61. The lowest BCUT2D eigenvalue weighted by Gasteiger charge is -2.25. The molecule has 1 heterocycles. The molecule has 6 heteroatoms. The summed E-state index contributed by atoms with van der Waals surface area (Å²) < 4.78 is 15.5. The Morgan fingerprint density at radius 3 is 2.45 bits per heavy atom. The van der Waals surface area contributed by atoms with Crippen molar-refractivity contribution in [3.8, 4) is 0 Å². The number of hydrogen-bond donors (Lipinski definition) is 0. The Hall–Kier alpha value is -1.95. The molecule has 1 aliphatic carbocycles. The van der Waals surface area contributed by atoms with Crippen LogP contribution in [0.2, 0.25) is 0 Å². The maximum atomic E-state index is 12.1. The summed E-state index contributed by atoms with van der Waals surface area (Å²) in [5.74, 6) is -3.31. The van der Waals surface area contributed by atoms with E-state index in [1.54, 1.807) is 13.8 Å². The van der Waals surface area contributed by atoms with Gasteiger partial charge in [0.05, 0.1) is 6.61 Å². The third-order valence-electron chi connectivity index (χ3n) is 3.22. The lowest BCUT2D eigenvalue weighted by Crippen LogP contribution is -2.43. The molecule has 0 saturated carbocycles. The number of cyclic esters (lactones) is 1. The van der Waals surface area contributed by atoms with Crippen LogP contribution in [-0.4, -0.2) is 36.7 Å². The van der Waals surface area contributed by atoms with Crippen LogP contribution in [0.25, 0.3) is 0 Å². The Kier molecular flexibility index (Phi) is 3.76. The summed E-state index contributed by atoms with van der Waals surface area (Å²) >= 11 is 0. The van der Waals surface area contributed by atoms with Crippen molar-refractivity contribution in [2.75, 3.05) is 13.2 Å². The minimum Gasteiger partial charge on any atom is -0.461 e. The fourth-order valence-electron chi connectivity index (χ4n) is 2.29. The van der Waals surface area contributed by atoms with Crippen LogP contribution in [0.1, 0.15) is 20.3 Å². The molecular formula is C14H16O6. The lowest BCUT2D eigenvalue weighted by atomic mass is 9.80. The molecule has 1 spiro atoms. The smallest absolute Gasteiger partial charge is 0.379 e. The molecule has 2 aliphatic rings. The normalized spacial score (nSPS) is 26.9. The predicted octanol–water partition coefficient (Wildman–Crippen LogP) is 0.911. The third kappa shape index (κ3) is 2.27. The van der Waals surface area contributed by atoms with Crippen LogP contribution in [0, 0.1) is 5.41 Å². The number of ketones is 1. The van der Waals surface area contributed by atoms with Crippen molar-refractivity contribution in [3.05, 3.63) is 24.3 Å². The van der Waals surface area contributed by atoms with E-state index in [2.05, 4.69) is 0 Å². The van der Waals surface area contributed by atoms with Gasteiger partial charge in [-0.1, -0.05) is 12.2 Å². The quantitative estimate of drug-likeness (QED) is 0.712. The van der Waals surface area contributed by atoms with Crippen LogP contribution in [0.5, 0.6) is 0 Å². The van der Waals surface area contributed by atoms with Crippen molar-refractivity contribution in [2.24, 2.45) is 5.41 Å². The fourth-order valence-corrected chi connectivity index (χ4v) is 2.29. The molecule has 1 aliphatic heterocycles. The average molecular weight is 280 g/mol. The van der Waals surface area contributed by atoms with E-state index in [1.807, 2.05) is 0 Å². The summed E-state index contributed by atoms with van der Waals surface area (Å²) in [5.41, 5.74) is -1.14. The van der Waals surface area contributed by atoms with Gasteiger partial charge in [0.1, 0.15) is 5.41 Å². The van der Waals surface area contributed by atoms with Gasteiger partial charge in [-0.25, -0.2) is 4.79 Å². The number of ether oxygens (including phenoxy) is 3. The molecule has 0 aromatic rings. The number of esters is 2. The Bertz CT molecular complexity index is 488. The molecule has 1 saturated heterocycles. The van der Waals surface area contributed by atoms with Gasteiger partial charge >= 0.3 is 17.7 Å². The minimum atomic E-state index is -1.74. The summed E-state index contributed by atoms with van der Waals surface area (Å²) in [6.07, 6.45) is 5.42. The zero-order chi connectivity index (χ0) is 14.8. The van der Waals surface area contributed by atoms with Gasteiger partial charge in [-0.05, 0) is 26.0 Å². The second-order valence-corrected chi connectivity index (χ2v) is 4.58. The molecule has 1 atom stereocenters. The van der Waals surface area contributed by atoms with Crippen molar-refractivity contribution in [1.29, 1.82) is 0 Å². The third-order valence-corrected chi connectivity index (χ3v) is 3.22. The molecule has 6 nitrogen and oxygen atoms in total. The van der Waals surface area contributed by atoms with Crippen molar-refractivity contribution in [2.45, 2.75) is 26.1 Å². The number of carbonyl (C=O) groups is 3. The molecular weight excluding hydrogens is 264 g/mol. The molecule has 2 rings (SSSR count). The first-order valence-electron chi connectivity index (χ1n) is 6.45. The molecule has 1 fully saturated rings. The van der Waals surface area contributed by atoms with E-state index in [1.165, 1.54) is 24.3 Å². The number of carbonyl (C=O) groups excluding carboxylic acids is 3. The largest absolute Gasteiger partial charge is 0.461 e. The molecule has 1 unspecified atom stereocenters. The van der Waals surface area contributed by atoms with Gasteiger partial charge in [0.2, 0.25) is 0 Å². The van der Waals surface area contributed by atoms with E-state index in [4.69, 9.17) is 14.2 Å². The fraction of sp³-hybridized carbons (Fsp3) is 0.500. The highest BCUT2D eigenvalue weighted by atomic mass is 16.7. The van der Waals surface area contributed by atoms with Gasteiger partial charge in [-0.2, -0.15) is 0 Å². The Morgan fingerprint density at radius 2 is 1.90 bits per heavy atom. The molecule has 0 aromatic heterocycles. The van der Waals surface area contributed by atoms with E-state index in [9.17, 15) is 14.4 Å². The lowest BCUT2D eigenvalue weighted by molar-refractivity contribution is -0.228. The van der Waals surface area contributed by atoms with Crippen molar-refractivity contribution in [3.63, 3.8) is 0 Å². The summed E-state index contributed by atoms with van der Waals surface area (Å²) in [5, 5.41) is 0. The Morgan fingerprint density at radius 1 is 1.25 bits per heavy atom. The van der Waals surface area contributed by atoms with Gasteiger partial charge < -0.3 is 14.2 Å². The van der Waals surface area contributed by atoms with Gasteiger partial charge in [-0.3, -0.25) is 9.59 Å². The van der Waals surface area contributed by atoms with Crippen LogP contribution < -0.4 is 0 Å². The summed E-state index contributed by atoms with van der Waals surface area (Å²) in [7, 11) is 0. The molecule has 0 N–H and O–H groups in total. The van der Waals surface area contributed by atoms with E-state index in [0.29, 0.717) is 0 Å². The monoisotopic (exact) mass is 280 g/mol.